The maximum absolute atomic E-state index is 12.1. The topological polar surface area (TPSA) is 52.3 Å². The van der Waals surface area contributed by atoms with Crippen molar-refractivity contribution in [3.8, 4) is 0 Å². The van der Waals surface area contributed by atoms with Crippen LogP contribution in [0.5, 0.6) is 0 Å². The van der Waals surface area contributed by atoms with Crippen molar-refractivity contribution in [1.82, 2.24) is 0 Å². The molecule has 1 aromatic carbocycles. The van der Waals surface area contributed by atoms with Gasteiger partial charge >= 0.3 is 0 Å². The minimum Gasteiger partial charge on any atom is -0.398 e. The minimum absolute atomic E-state index is 0.106. The maximum atomic E-state index is 12.1. The van der Waals surface area contributed by atoms with Crippen LogP contribution in [0.1, 0.15) is 12.0 Å². The molecule has 82 valence electrons. The van der Waals surface area contributed by atoms with E-state index in [1.54, 1.807) is 0 Å². The van der Waals surface area contributed by atoms with Gasteiger partial charge < -0.3 is 10.5 Å². The highest BCUT2D eigenvalue weighted by Crippen LogP contribution is 2.23. The van der Waals surface area contributed by atoms with E-state index in [-0.39, 0.29) is 5.25 Å². The fraction of sp³-hybridized carbons (Fsp3) is 0.455. The van der Waals surface area contributed by atoms with Crippen LogP contribution in [0.2, 0.25) is 0 Å². The quantitative estimate of drug-likeness (QED) is 0.775. The molecule has 0 aromatic heterocycles. The number of hydrogen-bond donors (Lipinski definition) is 1. The molecule has 2 rings (SSSR count). The van der Waals surface area contributed by atoms with Gasteiger partial charge in [0, 0.05) is 12.3 Å². The lowest BCUT2D eigenvalue weighted by molar-refractivity contribution is 0.199. The third-order valence-corrected chi connectivity index (χ3v) is 4.36. The van der Waals surface area contributed by atoms with Gasteiger partial charge in [-0.15, -0.1) is 0 Å². The zero-order valence-electron chi connectivity index (χ0n) is 8.73. The Labute approximate surface area is 92.1 Å². The van der Waals surface area contributed by atoms with E-state index in [1.807, 2.05) is 25.1 Å². The predicted octanol–water partition coefficient (Wildman–Crippen LogP) is 1.47. The van der Waals surface area contributed by atoms with Gasteiger partial charge in [-0.2, -0.15) is 0 Å². The van der Waals surface area contributed by atoms with Crippen LogP contribution in [0, 0.1) is 6.92 Å². The number of hydrogen-bond acceptors (Lipinski definition) is 3. The first kappa shape index (κ1) is 10.6. The SMILES string of the molecule is Cc1ccc(S(=O)C2CCOC2)c(N)c1. The van der Waals surface area contributed by atoms with Crippen molar-refractivity contribution in [2.24, 2.45) is 0 Å². The molecule has 3 nitrogen and oxygen atoms in total. The smallest absolute Gasteiger partial charge is 0.0651 e. The molecule has 1 saturated heterocycles. The molecule has 4 heteroatoms. The number of ether oxygens (including phenoxy) is 1. The fourth-order valence-corrected chi connectivity index (χ4v) is 3.10. The number of nitrogen functional groups attached to an aromatic ring is 1. The molecule has 0 saturated carbocycles. The zero-order valence-corrected chi connectivity index (χ0v) is 9.55. The van der Waals surface area contributed by atoms with Gasteiger partial charge in [0.1, 0.15) is 0 Å². The summed E-state index contributed by atoms with van der Waals surface area (Å²) in [7, 11) is -1.03. The molecule has 15 heavy (non-hydrogen) atoms. The van der Waals surface area contributed by atoms with Gasteiger partial charge in [-0.3, -0.25) is 4.21 Å². The second-order valence-corrected chi connectivity index (χ2v) is 5.53. The van der Waals surface area contributed by atoms with Gasteiger partial charge in [0.25, 0.3) is 0 Å². The summed E-state index contributed by atoms with van der Waals surface area (Å²) in [4.78, 5) is 0.746. The van der Waals surface area contributed by atoms with Gasteiger partial charge in [0.05, 0.1) is 27.6 Å². The van der Waals surface area contributed by atoms with Gasteiger partial charge in [-0.1, -0.05) is 6.07 Å². The van der Waals surface area contributed by atoms with Crippen LogP contribution < -0.4 is 5.73 Å². The molecule has 1 aromatic rings. The third kappa shape index (κ3) is 2.21. The third-order valence-electron chi connectivity index (χ3n) is 2.57. The summed E-state index contributed by atoms with van der Waals surface area (Å²) in [6.07, 6.45) is 0.861. The van der Waals surface area contributed by atoms with Crippen LogP contribution in [-0.4, -0.2) is 22.7 Å². The van der Waals surface area contributed by atoms with E-state index in [4.69, 9.17) is 10.5 Å². The molecule has 1 fully saturated rings. The van der Waals surface area contributed by atoms with Crippen molar-refractivity contribution in [3.63, 3.8) is 0 Å². The van der Waals surface area contributed by atoms with Crippen LogP contribution in [0.15, 0.2) is 23.1 Å². The first-order chi connectivity index (χ1) is 7.18. The van der Waals surface area contributed by atoms with Crippen LogP contribution in [0.3, 0.4) is 0 Å². The Morgan fingerprint density at radius 2 is 2.33 bits per heavy atom. The average molecular weight is 225 g/mol. The first-order valence-electron chi connectivity index (χ1n) is 5.03. The summed E-state index contributed by atoms with van der Waals surface area (Å²) >= 11 is 0. The standard InChI is InChI=1S/C11H15NO2S/c1-8-2-3-11(10(12)6-8)15(13)9-4-5-14-7-9/h2-3,6,9H,4-5,7,12H2,1H3. The molecule has 0 spiro atoms. The van der Waals surface area contributed by atoms with Crippen LogP contribution in [-0.2, 0) is 15.5 Å². The highest BCUT2D eigenvalue weighted by Gasteiger charge is 2.24. The van der Waals surface area contributed by atoms with E-state index in [1.165, 1.54) is 0 Å². The van der Waals surface area contributed by atoms with Gasteiger partial charge in [0.2, 0.25) is 0 Å². The van der Waals surface area contributed by atoms with Crippen molar-refractivity contribution >= 4 is 16.5 Å². The molecule has 2 atom stereocenters. The monoisotopic (exact) mass is 225 g/mol. The Morgan fingerprint density at radius 1 is 1.53 bits per heavy atom. The number of rotatable bonds is 2. The van der Waals surface area contributed by atoms with Gasteiger partial charge in [0.15, 0.2) is 0 Å². The Kier molecular flexibility index (Phi) is 3.07. The van der Waals surface area contributed by atoms with Crippen molar-refractivity contribution in [2.75, 3.05) is 18.9 Å². The van der Waals surface area contributed by atoms with Crippen LogP contribution in [0.25, 0.3) is 0 Å². The van der Waals surface area contributed by atoms with E-state index in [0.29, 0.717) is 18.9 Å². The second kappa shape index (κ2) is 4.33. The van der Waals surface area contributed by atoms with E-state index in [2.05, 4.69) is 0 Å². The first-order valence-corrected chi connectivity index (χ1v) is 6.24. The van der Waals surface area contributed by atoms with Gasteiger partial charge in [-0.05, 0) is 31.0 Å². The Morgan fingerprint density at radius 3 is 2.93 bits per heavy atom. The molecule has 2 unspecified atom stereocenters. The summed E-state index contributed by atoms with van der Waals surface area (Å²) in [5.41, 5.74) is 7.57. The Bertz CT molecular complexity index is 386. The zero-order chi connectivity index (χ0) is 10.8. The average Bonchev–Trinajstić information content (AvgIpc) is 2.69. The van der Waals surface area contributed by atoms with E-state index < -0.39 is 10.8 Å². The molecule has 0 amide bonds. The lowest BCUT2D eigenvalue weighted by atomic mass is 10.2. The van der Waals surface area contributed by atoms with Crippen LogP contribution in [0.4, 0.5) is 5.69 Å². The van der Waals surface area contributed by atoms with Gasteiger partial charge in [-0.25, -0.2) is 0 Å². The van der Waals surface area contributed by atoms with Crippen molar-refractivity contribution < 1.29 is 8.95 Å². The molecule has 2 N–H and O–H groups in total. The predicted molar refractivity (Wildman–Crippen MR) is 61.2 cm³/mol. The number of benzene rings is 1. The summed E-state index contributed by atoms with van der Waals surface area (Å²) in [6, 6.07) is 5.67. The van der Waals surface area contributed by atoms with E-state index >= 15 is 0 Å². The molecular formula is C11H15NO2S. The number of aryl methyl sites for hydroxylation is 1. The molecule has 1 heterocycles. The number of anilines is 1. The van der Waals surface area contributed by atoms with Crippen molar-refractivity contribution in [2.45, 2.75) is 23.5 Å². The molecule has 0 radical (unpaired) electrons. The highest BCUT2D eigenvalue weighted by atomic mass is 32.2. The largest absolute Gasteiger partial charge is 0.398 e. The Balaban J connectivity index is 2.24. The Hall–Kier alpha value is -0.870. The molecular weight excluding hydrogens is 210 g/mol. The lowest BCUT2D eigenvalue weighted by Crippen LogP contribution is -2.16. The molecule has 1 aliphatic heterocycles. The summed E-state index contributed by atoms with van der Waals surface area (Å²) in [5.74, 6) is 0. The van der Waals surface area contributed by atoms with Crippen molar-refractivity contribution in [1.29, 1.82) is 0 Å². The number of nitrogens with two attached hydrogens (primary N) is 1. The molecule has 0 bridgehead atoms. The summed E-state index contributed by atoms with van der Waals surface area (Å²) in [5, 5.41) is 0.106. The maximum Gasteiger partial charge on any atom is 0.0651 e. The highest BCUT2D eigenvalue weighted by molar-refractivity contribution is 7.85. The second-order valence-electron chi connectivity index (χ2n) is 3.82. The van der Waals surface area contributed by atoms with E-state index in [0.717, 1.165) is 16.9 Å². The fourth-order valence-electron chi connectivity index (χ4n) is 1.71. The summed E-state index contributed by atoms with van der Waals surface area (Å²) < 4.78 is 17.4. The summed E-state index contributed by atoms with van der Waals surface area (Å²) in [6.45, 7) is 3.27. The molecule has 1 aliphatic rings. The minimum atomic E-state index is -1.03. The lowest BCUT2D eigenvalue weighted by Gasteiger charge is -2.10. The molecule has 0 aliphatic carbocycles. The van der Waals surface area contributed by atoms with Crippen LogP contribution >= 0.6 is 0 Å². The van der Waals surface area contributed by atoms with Crippen molar-refractivity contribution in [3.05, 3.63) is 23.8 Å². The normalized spacial score (nSPS) is 22.9. The van der Waals surface area contributed by atoms with E-state index in [9.17, 15) is 4.21 Å².